The maximum Gasteiger partial charge on any atom is 0.412 e. The Balaban J connectivity index is 1.66. The van der Waals surface area contributed by atoms with E-state index in [1.165, 1.54) is 0 Å². The number of hydrogen-bond donors (Lipinski definition) is 4. The van der Waals surface area contributed by atoms with E-state index in [-0.39, 0.29) is 0 Å². The molecule has 3 aromatic carbocycles. The fourth-order valence-corrected chi connectivity index (χ4v) is 3.52. The largest absolute Gasteiger partial charge is 0.444 e. The average molecular weight is 431 g/mol. The summed E-state index contributed by atoms with van der Waals surface area (Å²) in [5, 5.41) is 18.6. The van der Waals surface area contributed by atoms with Crippen molar-refractivity contribution < 1.29 is 14.6 Å². The number of aliphatic hydroxyl groups excluding tert-OH is 1. The quantitative estimate of drug-likeness (QED) is 0.195. The number of aliphatic hydroxyl groups is 1. The minimum absolute atomic E-state index is 0.520. The number of para-hydroxylation sites is 2. The number of anilines is 3. The zero-order chi connectivity index (χ0) is 22.9. The third-order valence-electron chi connectivity index (χ3n) is 4.87. The highest BCUT2D eigenvalue weighted by molar-refractivity contribution is 6.10. The van der Waals surface area contributed by atoms with Crippen molar-refractivity contribution in [2.45, 2.75) is 32.6 Å². The molecule has 0 aliphatic rings. The van der Waals surface area contributed by atoms with E-state index in [0.29, 0.717) is 22.5 Å². The van der Waals surface area contributed by atoms with Gasteiger partial charge < -0.3 is 20.9 Å². The van der Waals surface area contributed by atoms with Crippen LogP contribution in [0, 0.1) is 0 Å². The van der Waals surface area contributed by atoms with Gasteiger partial charge in [-0.3, -0.25) is 5.32 Å². The molecular formula is C25H26N4O3. The molecule has 1 aromatic heterocycles. The fourth-order valence-electron chi connectivity index (χ4n) is 3.52. The number of carbonyl (C=O) groups is 1. The van der Waals surface area contributed by atoms with Gasteiger partial charge in [0.1, 0.15) is 5.60 Å². The first-order valence-electron chi connectivity index (χ1n) is 10.3. The number of carbonyl (C=O) groups excluding carboxylic acids is 1. The van der Waals surface area contributed by atoms with Gasteiger partial charge in [-0.05, 0) is 45.0 Å². The van der Waals surface area contributed by atoms with Gasteiger partial charge in [0.2, 0.25) is 0 Å². The van der Waals surface area contributed by atoms with Crippen molar-refractivity contribution in [2.24, 2.45) is 0 Å². The molecule has 0 aliphatic carbocycles. The van der Waals surface area contributed by atoms with Crippen LogP contribution in [0.1, 0.15) is 32.6 Å². The van der Waals surface area contributed by atoms with Crippen LogP contribution in [-0.2, 0) is 4.74 Å². The number of fused-ring (bicyclic) bond motifs is 2. The van der Waals surface area contributed by atoms with Crippen LogP contribution in [0.2, 0.25) is 0 Å². The number of aromatic nitrogens is 1. The zero-order valence-electron chi connectivity index (χ0n) is 18.2. The summed E-state index contributed by atoms with van der Waals surface area (Å²) in [6.45, 7) is 5.40. The molecule has 4 rings (SSSR count). The Morgan fingerprint density at radius 2 is 1.75 bits per heavy atom. The number of hydrogen-bond acceptors (Lipinski definition) is 6. The van der Waals surface area contributed by atoms with E-state index >= 15 is 0 Å². The summed E-state index contributed by atoms with van der Waals surface area (Å²) in [5.74, 6) is 0. The number of rotatable bonds is 4. The van der Waals surface area contributed by atoms with Gasteiger partial charge in [0, 0.05) is 22.0 Å². The monoisotopic (exact) mass is 430 g/mol. The Morgan fingerprint density at radius 1 is 1.03 bits per heavy atom. The lowest BCUT2D eigenvalue weighted by Gasteiger charge is -2.21. The molecule has 1 unspecified atom stereocenters. The van der Waals surface area contributed by atoms with E-state index in [1.807, 2.05) is 36.4 Å². The summed E-state index contributed by atoms with van der Waals surface area (Å²) in [4.78, 5) is 16.8. The molecule has 5 N–H and O–H groups in total. The second-order valence-corrected chi connectivity index (χ2v) is 8.55. The molecule has 1 heterocycles. The third-order valence-corrected chi connectivity index (χ3v) is 4.87. The summed E-state index contributed by atoms with van der Waals surface area (Å²) in [6.07, 6.45) is -1.59. The Kier molecular flexibility index (Phi) is 5.59. The summed E-state index contributed by atoms with van der Waals surface area (Å²) in [6, 6.07) is 20.2. The summed E-state index contributed by atoms with van der Waals surface area (Å²) in [5.41, 5.74) is 9.40. The van der Waals surface area contributed by atoms with Gasteiger partial charge in [-0.15, -0.1) is 0 Å². The smallest absolute Gasteiger partial charge is 0.412 e. The van der Waals surface area contributed by atoms with Crippen molar-refractivity contribution in [3.05, 3.63) is 72.3 Å². The average Bonchev–Trinajstić information content (AvgIpc) is 2.73. The highest BCUT2D eigenvalue weighted by Gasteiger charge is 2.18. The predicted molar refractivity (Wildman–Crippen MR) is 129 cm³/mol. The summed E-state index contributed by atoms with van der Waals surface area (Å²) in [7, 11) is 0. The number of ether oxygens (including phenoxy) is 1. The van der Waals surface area contributed by atoms with Gasteiger partial charge in [0.05, 0.1) is 22.4 Å². The van der Waals surface area contributed by atoms with E-state index in [2.05, 4.69) is 15.6 Å². The van der Waals surface area contributed by atoms with Gasteiger partial charge >= 0.3 is 6.09 Å². The lowest BCUT2D eigenvalue weighted by atomic mass is 10.1. The van der Waals surface area contributed by atoms with Crippen LogP contribution in [0.3, 0.4) is 0 Å². The molecule has 0 saturated heterocycles. The van der Waals surface area contributed by atoms with Crippen molar-refractivity contribution >= 4 is 45.0 Å². The number of nitrogens with zero attached hydrogens (tertiary/aromatic N) is 1. The normalized spacial score (nSPS) is 12.5. The predicted octanol–water partition coefficient (Wildman–Crippen LogP) is 5.42. The van der Waals surface area contributed by atoms with Crippen LogP contribution in [-0.4, -0.2) is 21.8 Å². The molecule has 1 atom stereocenters. The van der Waals surface area contributed by atoms with Crippen LogP contribution in [0.5, 0.6) is 0 Å². The summed E-state index contributed by atoms with van der Waals surface area (Å²) < 4.78 is 5.30. The molecular weight excluding hydrogens is 404 g/mol. The number of nitrogens with one attached hydrogen (secondary N) is 2. The van der Waals surface area contributed by atoms with E-state index in [4.69, 9.17) is 10.5 Å². The first kappa shape index (κ1) is 21.4. The third kappa shape index (κ3) is 4.58. The number of nitrogens with two attached hydrogens (primary N) is 1. The van der Waals surface area contributed by atoms with Crippen molar-refractivity contribution in [1.29, 1.82) is 0 Å². The second-order valence-electron chi connectivity index (χ2n) is 8.55. The molecule has 0 fully saturated rings. The Labute approximate surface area is 186 Å². The minimum atomic E-state index is -1.04. The van der Waals surface area contributed by atoms with Crippen LogP contribution >= 0.6 is 0 Å². The van der Waals surface area contributed by atoms with E-state index in [1.54, 1.807) is 51.1 Å². The molecule has 1 amide bonds. The molecule has 0 saturated carbocycles. The van der Waals surface area contributed by atoms with Crippen LogP contribution in [0.15, 0.2) is 66.7 Å². The Hall–Kier alpha value is -3.84. The molecule has 0 spiro atoms. The molecule has 0 aliphatic heterocycles. The van der Waals surface area contributed by atoms with E-state index < -0.39 is 17.9 Å². The van der Waals surface area contributed by atoms with Gasteiger partial charge in [-0.1, -0.05) is 42.5 Å². The Bertz CT molecular complexity index is 1300. The van der Waals surface area contributed by atoms with Crippen LogP contribution in [0.25, 0.3) is 21.8 Å². The van der Waals surface area contributed by atoms with Gasteiger partial charge in [-0.2, -0.15) is 0 Å². The van der Waals surface area contributed by atoms with Crippen LogP contribution < -0.4 is 16.4 Å². The SMILES string of the molecule is CC(C)(C)OC(=O)Nc1cccc(C(O)Nc2c3ccccc3nc3c(N)cccc23)c1. The van der Waals surface area contributed by atoms with Gasteiger partial charge in [-0.25, -0.2) is 9.78 Å². The van der Waals surface area contributed by atoms with Crippen molar-refractivity contribution in [1.82, 2.24) is 4.98 Å². The lowest BCUT2D eigenvalue weighted by Crippen LogP contribution is -2.27. The summed E-state index contributed by atoms with van der Waals surface area (Å²) >= 11 is 0. The van der Waals surface area contributed by atoms with Crippen LogP contribution in [0.4, 0.5) is 21.9 Å². The number of nitrogen functional groups attached to an aromatic ring is 1. The van der Waals surface area contributed by atoms with Crippen molar-refractivity contribution in [3.63, 3.8) is 0 Å². The number of benzene rings is 3. The molecule has 7 nitrogen and oxygen atoms in total. The lowest BCUT2D eigenvalue weighted by molar-refractivity contribution is 0.0636. The highest BCUT2D eigenvalue weighted by atomic mass is 16.6. The van der Waals surface area contributed by atoms with Gasteiger partial charge in [0.25, 0.3) is 0 Å². The minimum Gasteiger partial charge on any atom is -0.444 e. The standard InChI is InChI=1S/C25H26N4O3/c1-25(2,3)32-24(31)27-16-9-6-8-15(14-16)23(30)29-21-17-10-4-5-13-20(17)28-22-18(21)11-7-12-19(22)26/h4-14,23,30H,26H2,1-3H3,(H,27,31)(H,28,29). The maximum atomic E-state index is 12.1. The molecule has 0 bridgehead atoms. The zero-order valence-corrected chi connectivity index (χ0v) is 18.2. The first-order chi connectivity index (χ1) is 15.2. The highest BCUT2D eigenvalue weighted by Crippen LogP contribution is 2.35. The Morgan fingerprint density at radius 3 is 2.53 bits per heavy atom. The van der Waals surface area contributed by atoms with Gasteiger partial charge in [0.15, 0.2) is 6.23 Å². The van der Waals surface area contributed by atoms with E-state index in [9.17, 15) is 9.90 Å². The van der Waals surface area contributed by atoms with Crippen molar-refractivity contribution in [3.8, 4) is 0 Å². The number of amides is 1. The van der Waals surface area contributed by atoms with E-state index in [0.717, 1.165) is 22.0 Å². The topological polar surface area (TPSA) is 110 Å². The molecule has 164 valence electrons. The molecule has 4 aromatic rings. The number of pyridine rings is 1. The molecule has 7 heteroatoms. The maximum absolute atomic E-state index is 12.1. The second kappa shape index (κ2) is 8.36. The van der Waals surface area contributed by atoms with Crippen molar-refractivity contribution in [2.75, 3.05) is 16.4 Å². The molecule has 0 radical (unpaired) electrons. The first-order valence-corrected chi connectivity index (χ1v) is 10.3. The fraction of sp³-hybridized carbons (Fsp3) is 0.200. The molecule has 32 heavy (non-hydrogen) atoms.